The van der Waals surface area contributed by atoms with E-state index in [-0.39, 0.29) is 31.4 Å². The Morgan fingerprint density at radius 1 is 0.946 bits per heavy atom. The Kier molecular flexibility index (Phi) is 9.49. The Morgan fingerprint density at radius 3 is 2.32 bits per heavy atom. The van der Waals surface area contributed by atoms with Crippen LogP contribution in [-0.4, -0.2) is 45.8 Å². The summed E-state index contributed by atoms with van der Waals surface area (Å²) in [6.07, 6.45) is -1.02. The van der Waals surface area contributed by atoms with E-state index < -0.39 is 17.6 Å². The molecule has 1 aromatic heterocycles. The molecule has 0 aliphatic rings. The summed E-state index contributed by atoms with van der Waals surface area (Å²) in [5.41, 5.74) is 0.866. The van der Waals surface area contributed by atoms with Gasteiger partial charge in [-0.1, -0.05) is 25.5 Å². The number of hydrogen-bond acceptors (Lipinski definition) is 2. The monoisotopic (exact) mass is 517 g/mol. The first kappa shape index (κ1) is 28.0. The van der Waals surface area contributed by atoms with Gasteiger partial charge in [-0.3, -0.25) is 9.59 Å². The van der Waals surface area contributed by atoms with Crippen LogP contribution in [0.15, 0.2) is 66.9 Å². The number of rotatable bonds is 11. The van der Waals surface area contributed by atoms with Gasteiger partial charge in [-0.2, -0.15) is 13.2 Å². The van der Waals surface area contributed by atoms with Crippen molar-refractivity contribution in [1.82, 2.24) is 14.4 Å². The Hall–Kier alpha value is -3.62. The van der Waals surface area contributed by atoms with Crippen molar-refractivity contribution >= 4 is 11.8 Å². The predicted octanol–water partition coefficient (Wildman–Crippen LogP) is 5.99. The van der Waals surface area contributed by atoms with E-state index in [0.717, 1.165) is 30.7 Å². The number of aromatic nitrogens is 1. The molecule has 0 fully saturated rings. The zero-order valence-electron chi connectivity index (χ0n) is 21.0. The third-order valence-corrected chi connectivity index (χ3v) is 6.10. The van der Waals surface area contributed by atoms with Crippen LogP contribution in [0.2, 0.25) is 0 Å². The van der Waals surface area contributed by atoms with Crippen molar-refractivity contribution < 1.29 is 27.2 Å². The molecule has 0 saturated heterocycles. The zero-order chi connectivity index (χ0) is 27.0. The summed E-state index contributed by atoms with van der Waals surface area (Å²) in [5, 5.41) is 0. The molecule has 198 valence electrons. The van der Waals surface area contributed by atoms with Crippen LogP contribution in [0.1, 0.15) is 53.9 Å². The van der Waals surface area contributed by atoms with Crippen LogP contribution in [-0.2, 0) is 24.1 Å². The van der Waals surface area contributed by atoms with Crippen LogP contribution < -0.4 is 0 Å². The lowest BCUT2D eigenvalue weighted by molar-refractivity contribution is -0.137. The van der Waals surface area contributed by atoms with Gasteiger partial charge in [0.1, 0.15) is 12.4 Å². The highest BCUT2D eigenvalue weighted by molar-refractivity contribution is 5.96. The van der Waals surface area contributed by atoms with Gasteiger partial charge in [0.15, 0.2) is 0 Å². The summed E-state index contributed by atoms with van der Waals surface area (Å²) in [7, 11) is 0. The van der Waals surface area contributed by atoms with Crippen molar-refractivity contribution in [1.29, 1.82) is 0 Å². The quantitative estimate of drug-likeness (QED) is 0.294. The maximum absolute atomic E-state index is 13.3. The number of hydrogen-bond donors (Lipinski definition) is 0. The van der Waals surface area contributed by atoms with Gasteiger partial charge in [0, 0.05) is 37.1 Å². The first-order valence-corrected chi connectivity index (χ1v) is 12.2. The van der Waals surface area contributed by atoms with E-state index in [1.54, 1.807) is 30.2 Å². The number of nitrogens with zero attached hydrogens (tertiary/aromatic N) is 3. The molecule has 3 aromatic rings. The molecule has 9 heteroatoms. The van der Waals surface area contributed by atoms with Gasteiger partial charge in [0.05, 0.1) is 12.1 Å². The Bertz CT molecular complexity index is 1190. The number of halogens is 4. The summed E-state index contributed by atoms with van der Waals surface area (Å²) in [4.78, 5) is 29.3. The molecule has 0 saturated carbocycles. The summed E-state index contributed by atoms with van der Waals surface area (Å²) in [6, 6.07) is 14.0. The second kappa shape index (κ2) is 12.6. The standard InChI is InChI=1S/C28H31F4N3O2/c1-3-5-15-35(26(36)20-33(4-2)27(37)22-11-13-24(29)14-12-22)19-25-10-7-16-34(25)18-21-8-6-9-23(17-21)28(30,31)32/h6-14,16-17H,3-5,15,18-20H2,1-2H3. The largest absolute Gasteiger partial charge is 0.416 e. The third-order valence-electron chi connectivity index (χ3n) is 6.10. The summed E-state index contributed by atoms with van der Waals surface area (Å²) in [6.45, 7) is 4.91. The number of likely N-dealkylation sites (N-methyl/N-ethyl adjacent to an activating group) is 1. The second-order valence-corrected chi connectivity index (χ2v) is 8.82. The van der Waals surface area contributed by atoms with Gasteiger partial charge >= 0.3 is 6.18 Å². The molecule has 0 radical (unpaired) electrons. The Morgan fingerprint density at radius 2 is 1.68 bits per heavy atom. The average Bonchev–Trinajstić information content (AvgIpc) is 3.30. The first-order chi connectivity index (χ1) is 17.6. The summed E-state index contributed by atoms with van der Waals surface area (Å²) < 4.78 is 54.5. The molecule has 37 heavy (non-hydrogen) atoms. The van der Waals surface area contributed by atoms with Crippen LogP contribution >= 0.6 is 0 Å². The maximum Gasteiger partial charge on any atom is 0.416 e. The normalized spacial score (nSPS) is 11.4. The molecule has 0 aliphatic carbocycles. The lowest BCUT2D eigenvalue weighted by atomic mass is 10.1. The smallest absolute Gasteiger partial charge is 0.345 e. The molecule has 2 amide bonds. The fourth-order valence-corrected chi connectivity index (χ4v) is 3.99. The van der Waals surface area contributed by atoms with E-state index in [9.17, 15) is 27.2 Å². The second-order valence-electron chi connectivity index (χ2n) is 8.82. The van der Waals surface area contributed by atoms with Crippen molar-refractivity contribution in [3.8, 4) is 0 Å². The number of benzene rings is 2. The molecule has 0 aliphatic heterocycles. The van der Waals surface area contributed by atoms with Gasteiger partial charge in [-0.25, -0.2) is 4.39 Å². The minimum atomic E-state index is -4.42. The van der Waals surface area contributed by atoms with Crippen molar-refractivity contribution in [2.75, 3.05) is 19.6 Å². The molecule has 0 N–H and O–H groups in total. The minimum Gasteiger partial charge on any atom is -0.345 e. The van der Waals surface area contributed by atoms with Crippen LogP contribution in [0.5, 0.6) is 0 Å². The summed E-state index contributed by atoms with van der Waals surface area (Å²) >= 11 is 0. The van der Waals surface area contributed by atoms with E-state index in [1.807, 2.05) is 17.6 Å². The lowest BCUT2D eigenvalue weighted by Crippen LogP contribution is -2.43. The number of amides is 2. The molecule has 1 heterocycles. The first-order valence-electron chi connectivity index (χ1n) is 12.2. The van der Waals surface area contributed by atoms with E-state index in [0.29, 0.717) is 24.2 Å². The van der Waals surface area contributed by atoms with Gasteiger partial charge < -0.3 is 14.4 Å². The van der Waals surface area contributed by atoms with Crippen LogP contribution in [0.3, 0.4) is 0 Å². The van der Waals surface area contributed by atoms with E-state index in [2.05, 4.69) is 0 Å². The highest BCUT2D eigenvalue weighted by Gasteiger charge is 2.30. The maximum atomic E-state index is 13.3. The fraction of sp³-hybridized carbons (Fsp3) is 0.357. The molecule has 5 nitrogen and oxygen atoms in total. The topological polar surface area (TPSA) is 45.6 Å². The third kappa shape index (κ3) is 7.68. The van der Waals surface area contributed by atoms with Gasteiger partial charge in [-0.05, 0) is 67.4 Å². The molecular weight excluding hydrogens is 486 g/mol. The molecule has 0 unspecified atom stereocenters. The van der Waals surface area contributed by atoms with E-state index in [1.165, 1.54) is 35.2 Å². The lowest BCUT2D eigenvalue weighted by Gasteiger charge is -2.27. The average molecular weight is 518 g/mol. The molecule has 0 atom stereocenters. The van der Waals surface area contributed by atoms with Crippen LogP contribution in [0.25, 0.3) is 0 Å². The molecule has 3 rings (SSSR count). The van der Waals surface area contributed by atoms with Gasteiger partial charge in [-0.15, -0.1) is 0 Å². The number of unbranched alkanes of at least 4 members (excludes halogenated alkanes) is 1. The fourth-order valence-electron chi connectivity index (χ4n) is 3.99. The number of carbonyl (C=O) groups is 2. The van der Waals surface area contributed by atoms with E-state index >= 15 is 0 Å². The van der Waals surface area contributed by atoms with E-state index in [4.69, 9.17) is 0 Å². The van der Waals surface area contributed by atoms with Crippen LogP contribution in [0.4, 0.5) is 17.6 Å². The van der Waals surface area contributed by atoms with Crippen molar-refractivity contribution in [2.24, 2.45) is 0 Å². The molecular formula is C28H31F4N3O2. The SMILES string of the molecule is CCCCN(Cc1cccn1Cc1cccc(C(F)(F)F)c1)C(=O)CN(CC)C(=O)c1ccc(F)cc1. The highest BCUT2D eigenvalue weighted by Crippen LogP contribution is 2.29. The number of alkyl halides is 3. The molecule has 0 spiro atoms. The highest BCUT2D eigenvalue weighted by atomic mass is 19.4. The zero-order valence-corrected chi connectivity index (χ0v) is 21.0. The molecule has 0 bridgehead atoms. The van der Waals surface area contributed by atoms with Crippen LogP contribution in [0, 0.1) is 5.82 Å². The van der Waals surface area contributed by atoms with Crippen molar-refractivity contribution in [3.63, 3.8) is 0 Å². The Labute approximate surface area is 214 Å². The van der Waals surface area contributed by atoms with Gasteiger partial charge in [0.25, 0.3) is 5.91 Å². The number of carbonyl (C=O) groups excluding carboxylic acids is 2. The van der Waals surface area contributed by atoms with Gasteiger partial charge in [0.2, 0.25) is 5.91 Å². The predicted molar refractivity (Wildman–Crippen MR) is 133 cm³/mol. The minimum absolute atomic E-state index is 0.134. The molecule has 2 aromatic carbocycles. The van der Waals surface area contributed by atoms with Crippen molar-refractivity contribution in [3.05, 3.63) is 95.1 Å². The van der Waals surface area contributed by atoms with Crippen molar-refractivity contribution in [2.45, 2.75) is 46.0 Å². The Balaban J connectivity index is 1.74. The summed E-state index contributed by atoms with van der Waals surface area (Å²) in [5.74, 6) is -1.05.